The lowest BCUT2D eigenvalue weighted by atomic mass is 10.2. The van der Waals surface area contributed by atoms with Gasteiger partial charge in [-0.15, -0.1) is 11.3 Å². The number of aromatic nitrogens is 3. The van der Waals surface area contributed by atoms with Gasteiger partial charge in [0.05, 0.1) is 18.8 Å². The number of aliphatic hydroxyl groups is 1. The summed E-state index contributed by atoms with van der Waals surface area (Å²) in [6, 6.07) is 8.13. The van der Waals surface area contributed by atoms with Crippen LogP contribution >= 0.6 is 11.3 Å². The van der Waals surface area contributed by atoms with E-state index in [4.69, 9.17) is 0 Å². The number of rotatable bonds is 3. The van der Waals surface area contributed by atoms with Gasteiger partial charge in [0.15, 0.2) is 4.96 Å². The van der Waals surface area contributed by atoms with Gasteiger partial charge in [-0.05, 0) is 23.1 Å². The summed E-state index contributed by atoms with van der Waals surface area (Å²) in [5.41, 5.74) is 3.11. The van der Waals surface area contributed by atoms with E-state index in [-0.39, 0.29) is 6.61 Å². The molecule has 0 radical (unpaired) electrons. The fourth-order valence-corrected chi connectivity index (χ4v) is 3.21. The number of nitrogens with zero attached hydrogens (tertiary/aromatic N) is 3. The highest BCUT2D eigenvalue weighted by Crippen LogP contribution is 2.20. The molecule has 0 unspecified atom stereocenters. The largest absolute Gasteiger partial charge is 0.392 e. The van der Waals surface area contributed by atoms with Gasteiger partial charge in [0.1, 0.15) is 0 Å². The van der Waals surface area contributed by atoms with Crippen LogP contribution in [0.15, 0.2) is 48.2 Å². The second-order valence-corrected chi connectivity index (χ2v) is 5.69. The first-order chi connectivity index (χ1) is 9.83. The maximum Gasteiger partial charge on any atom is 0.193 e. The van der Waals surface area contributed by atoms with Gasteiger partial charge in [0, 0.05) is 29.5 Å². The fraction of sp³-hybridized carbons (Fsp3) is 0.133. The number of benzene rings is 1. The molecule has 4 nitrogen and oxygen atoms in total. The fourth-order valence-electron chi connectivity index (χ4n) is 2.49. The van der Waals surface area contributed by atoms with Crippen molar-refractivity contribution in [2.24, 2.45) is 0 Å². The first-order valence-electron chi connectivity index (χ1n) is 6.43. The van der Waals surface area contributed by atoms with Gasteiger partial charge in [0.2, 0.25) is 0 Å². The highest BCUT2D eigenvalue weighted by atomic mass is 32.1. The second kappa shape index (κ2) is 4.47. The van der Waals surface area contributed by atoms with Crippen LogP contribution in [0.4, 0.5) is 0 Å². The quantitative estimate of drug-likeness (QED) is 0.628. The predicted molar refractivity (Wildman–Crippen MR) is 80.0 cm³/mol. The molecule has 0 saturated heterocycles. The van der Waals surface area contributed by atoms with E-state index in [2.05, 4.69) is 28.0 Å². The summed E-state index contributed by atoms with van der Waals surface area (Å²) in [6.45, 7) is 0.814. The molecule has 0 spiro atoms. The van der Waals surface area contributed by atoms with E-state index in [1.165, 1.54) is 5.39 Å². The number of hydrogen-bond donors (Lipinski definition) is 1. The molecule has 0 saturated carbocycles. The molecule has 0 aliphatic rings. The Kier molecular flexibility index (Phi) is 2.61. The predicted octanol–water partition coefficient (Wildman–Crippen LogP) is 2.89. The van der Waals surface area contributed by atoms with E-state index in [9.17, 15) is 5.11 Å². The monoisotopic (exact) mass is 283 g/mol. The summed E-state index contributed by atoms with van der Waals surface area (Å²) in [7, 11) is 0. The minimum absolute atomic E-state index is 0.0708. The van der Waals surface area contributed by atoms with Crippen molar-refractivity contribution in [3.05, 3.63) is 59.5 Å². The molecule has 0 fully saturated rings. The summed E-state index contributed by atoms with van der Waals surface area (Å²) in [5.74, 6) is 0. The Balaban J connectivity index is 1.75. The van der Waals surface area contributed by atoms with Crippen LogP contribution in [0.3, 0.4) is 0 Å². The Hall–Kier alpha value is -2.11. The number of thiazole rings is 1. The van der Waals surface area contributed by atoms with Crippen molar-refractivity contribution in [2.75, 3.05) is 0 Å². The maximum atomic E-state index is 9.26. The highest BCUT2D eigenvalue weighted by molar-refractivity contribution is 7.15. The van der Waals surface area contributed by atoms with Crippen molar-refractivity contribution >= 4 is 27.2 Å². The summed E-state index contributed by atoms with van der Waals surface area (Å²) >= 11 is 1.64. The van der Waals surface area contributed by atoms with Crippen LogP contribution in [0.2, 0.25) is 0 Å². The van der Waals surface area contributed by atoms with E-state index in [0.29, 0.717) is 0 Å². The summed E-state index contributed by atoms with van der Waals surface area (Å²) in [4.78, 5) is 5.63. The molecular weight excluding hydrogens is 270 g/mol. The maximum absolute atomic E-state index is 9.26. The number of fused-ring (bicyclic) bond motifs is 2. The van der Waals surface area contributed by atoms with Gasteiger partial charge in [0.25, 0.3) is 0 Å². The minimum atomic E-state index is 0.0708. The van der Waals surface area contributed by atoms with Crippen molar-refractivity contribution in [1.29, 1.82) is 0 Å². The van der Waals surface area contributed by atoms with Crippen molar-refractivity contribution < 1.29 is 5.11 Å². The Morgan fingerprint density at radius 2 is 2.15 bits per heavy atom. The van der Waals surface area contributed by atoms with Crippen LogP contribution in [-0.2, 0) is 13.2 Å². The Morgan fingerprint density at radius 3 is 3.00 bits per heavy atom. The third-order valence-corrected chi connectivity index (χ3v) is 4.27. The van der Waals surface area contributed by atoms with Crippen LogP contribution < -0.4 is 0 Å². The SMILES string of the molecule is OCc1ccc2ccn(Cc3cn4ccsc4n3)c2c1. The molecule has 3 aromatic heterocycles. The van der Waals surface area contributed by atoms with Crippen LogP contribution in [0.5, 0.6) is 0 Å². The lowest BCUT2D eigenvalue weighted by Gasteiger charge is -2.04. The average Bonchev–Trinajstić information content (AvgIpc) is 3.13. The topological polar surface area (TPSA) is 42.5 Å². The Morgan fingerprint density at radius 1 is 1.20 bits per heavy atom. The van der Waals surface area contributed by atoms with Crippen molar-refractivity contribution in [1.82, 2.24) is 14.0 Å². The average molecular weight is 283 g/mol. The zero-order valence-corrected chi connectivity index (χ0v) is 11.5. The van der Waals surface area contributed by atoms with Gasteiger partial charge >= 0.3 is 0 Å². The number of hydrogen-bond acceptors (Lipinski definition) is 3. The number of aliphatic hydroxyl groups excluding tert-OH is 1. The van der Waals surface area contributed by atoms with E-state index in [1.807, 2.05) is 34.2 Å². The summed E-state index contributed by atoms with van der Waals surface area (Å²) in [5, 5.41) is 12.5. The molecule has 100 valence electrons. The third-order valence-electron chi connectivity index (χ3n) is 3.50. The molecule has 1 N–H and O–H groups in total. The molecule has 3 heterocycles. The van der Waals surface area contributed by atoms with Crippen LogP contribution in [0.25, 0.3) is 15.9 Å². The van der Waals surface area contributed by atoms with Crippen LogP contribution in [-0.4, -0.2) is 19.1 Å². The van der Waals surface area contributed by atoms with E-state index in [1.54, 1.807) is 11.3 Å². The van der Waals surface area contributed by atoms with E-state index >= 15 is 0 Å². The van der Waals surface area contributed by atoms with E-state index < -0.39 is 0 Å². The molecular formula is C15H13N3OS. The van der Waals surface area contributed by atoms with Crippen molar-refractivity contribution in [2.45, 2.75) is 13.2 Å². The van der Waals surface area contributed by atoms with Gasteiger partial charge < -0.3 is 9.67 Å². The van der Waals surface area contributed by atoms with Crippen LogP contribution in [0.1, 0.15) is 11.3 Å². The smallest absolute Gasteiger partial charge is 0.193 e. The second-order valence-electron chi connectivity index (χ2n) is 4.82. The highest BCUT2D eigenvalue weighted by Gasteiger charge is 2.06. The lowest BCUT2D eigenvalue weighted by molar-refractivity contribution is 0.282. The summed E-state index contributed by atoms with van der Waals surface area (Å²) < 4.78 is 4.21. The molecule has 5 heteroatoms. The van der Waals surface area contributed by atoms with Crippen molar-refractivity contribution in [3.63, 3.8) is 0 Å². The molecule has 20 heavy (non-hydrogen) atoms. The molecule has 0 bridgehead atoms. The first kappa shape index (κ1) is 11.7. The molecule has 0 aliphatic heterocycles. The Labute approximate surface area is 119 Å². The van der Waals surface area contributed by atoms with Gasteiger partial charge in [-0.3, -0.25) is 4.40 Å². The molecule has 0 aliphatic carbocycles. The molecule has 1 aromatic carbocycles. The number of imidazole rings is 1. The zero-order chi connectivity index (χ0) is 13.5. The minimum Gasteiger partial charge on any atom is -0.392 e. The zero-order valence-electron chi connectivity index (χ0n) is 10.7. The lowest BCUT2D eigenvalue weighted by Crippen LogP contribution is -1.98. The van der Waals surface area contributed by atoms with Gasteiger partial charge in [-0.1, -0.05) is 12.1 Å². The molecule has 4 rings (SSSR count). The van der Waals surface area contributed by atoms with Gasteiger partial charge in [-0.25, -0.2) is 4.98 Å². The summed E-state index contributed by atoms with van der Waals surface area (Å²) in [6.07, 6.45) is 6.15. The third kappa shape index (κ3) is 1.83. The molecule has 0 amide bonds. The molecule has 4 aromatic rings. The van der Waals surface area contributed by atoms with Crippen LogP contribution in [0, 0.1) is 0 Å². The normalized spacial score (nSPS) is 11.7. The standard InChI is InChI=1S/C15H13N3OS/c19-10-11-1-2-12-3-4-17(14(12)7-11)8-13-9-18-5-6-20-15(18)16-13/h1-7,9,19H,8,10H2. The van der Waals surface area contributed by atoms with E-state index in [0.717, 1.165) is 28.3 Å². The Bertz CT molecular complexity index is 858. The first-order valence-corrected chi connectivity index (χ1v) is 7.31. The van der Waals surface area contributed by atoms with Gasteiger partial charge in [-0.2, -0.15) is 0 Å². The molecule has 0 atom stereocenters. The van der Waals surface area contributed by atoms with Crippen molar-refractivity contribution in [3.8, 4) is 0 Å².